The van der Waals surface area contributed by atoms with Gasteiger partial charge in [0.2, 0.25) is 11.8 Å². The fourth-order valence-corrected chi connectivity index (χ4v) is 3.47. The average molecular weight is 314 g/mol. The molecule has 2 heterocycles. The summed E-state index contributed by atoms with van der Waals surface area (Å²) >= 11 is 0. The standard InChI is InChI=1S/C18H22N2O3/c21-15-9-12-20(13-18(15)10-4-11-19-17(18)23)16(22)8-7-14-5-2-1-3-6-14/h1-3,5-8,15,21H,4,9-13H2,(H,19,23)/b8-7+/t15-,18-/m1/s1. The molecule has 1 aromatic carbocycles. The predicted molar refractivity (Wildman–Crippen MR) is 87.4 cm³/mol. The second-order valence-corrected chi connectivity index (χ2v) is 6.32. The summed E-state index contributed by atoms with van der Waals surface area (Å²) in [6, 6.07) is 9.63. The van der Waals surface area contributed by atoms with Gasteiger partial charge in [-0.25, -0.2) is 0 Å². The Hall–Kier alpha value is -2.14. The van der Waals surface area contributed by atoms with Crippen LogP contribution in [0.5, 0.6) is 0 Å². The lowest BCUT2D eigenvalue weighted by molar-refractivity contribution is -0.153. The highest BCUT2D eigenvalue weighted by atomic mass is 16.3. The van der Waals surface area contributed by atoms with Crippen LogP contribution in [-0.2, 0) is 9.59 Å². The highest BCUT2D eigenvalue weighted by Gasteiger charge is 2.50. The molecular formula is C18H22N2O3. The molecule has 23 heavy (non-hydrogen) atoms. The lowest BCUT2D eigenvalue weighted by Crippen LogP contribution is -2.62. The van der Waals surface area contributed by atoms with Gasteiger partial charge in [0.25, 0.3) is 0 Å². The molecule has 3 rings (SSSR count). The molecule has 0 aromatic heterocycles. The lowest BCUT2D eigenvalue weighted by atomic mass is 9.71. The van der Waals surface area contributed by atoms with Gasteiger partial charge in [-0.2, -0.15) is 0 Å². The van der Waals surface area contributed by atoms with Gasteiger partial charge in [-0.3, -0.25) is 9.59 Å². The molecule has 1 spiro atoms. The number of rotatable bonds is 2. The minimum atomic E-state index is -0.841. The van der Waals surface area contributed by atoms with Crippen LogP contribution >= 0.6 is 0 Å². The molecule has 2 fully saturated rings. The Bertz CT molecular complexity index is 614. The molecule has 2 N–H and O–H groups in total. The van der Waals surface area contributed by atoms with Gasteiger partial charge in [0.15, 0.2) is 0 Å². The van der Waals surface area contributed by atoms with E-state index in [0.717, 1.165) is 12.0 Å². The third-order valence-corrected chi connectivity index (χ3v) is 4.85. The predicted octanol–water partition coefficient (Wildman–Crippen LogP) is 1.19. The van der Waals surface area contributed by atoms with Gasteiger partial charge in [-0.05, 0) is 30.9 Å². The van der Waals surface area contributed by atoms with E-state index in [2.05, 4.69) is 5.32 Å². The maximum atomic E-state index is 12.4. The molecular weight excluding hydrogens is 292 g/mol. The van der Waals surface area contributed by atoms with E-state index in [1.165, 1.54) is 0 Å². The topological polar surface area (TPSA) is 69.6 Å². The van der Waals surface area contributed by atoms with Crippen LogP contribution in [0.4, 0.5) is 0 Å². The maximum Gasteiger partial charge on any atom is 0.246 e. The Morgan fingerprint density at radius 3 is 2.87 bits per heavy atom. The fraction of sp³-hybridized carbons (Fsp3) is 0.444. The van der Waals surface area contributed by atoms with Gasteiger partial charge >= 0.3 is 0 Å². The minimum Gasteiger partial charge on any atom is -0.392 e. The van der Waals surface area contributed by atoms with Crippen molar-refractivity contribution in [1.82, 2.24) is 10.2 Å². The molecule has 2 aliphatic rings. The quantitative estimate of drug-likeness (QED) is 0.806. The molecule has 2 atom stereocenters. The van der Waals surface area contributed by atoms with Crippen LogP contribution in [-0.4, -0.2) is 47.6 Å². The Labute approximate surface area is 136 Å². The van der Waals surface area contributed by atoms with Crippen LogP contribution < -0.4 is 5.32 Å². The summed E-state index contributed by atoms with van der Waals surface area (Å²) in [6.07, 6.45) is 4.56. The van der Waals surface area contributed by atoms with Crippen molar-refractivity contribution in [1.29, 1.82) is 0 Å². The number of benzene rings is 1. The maximum absolute atomic E-state index is 12.4. The van der Waals surface area contributed by atoms with Crippen molar-refractivity contribution < 1.29 is 14.7 Å². The zero-order valence-electron chi connectivity index (χ0n) is 13.1. The van der Waals surface area contributed by atoms with E-state index >= 15 is 0 Å². The van der Waals surface area contributed by atoms with Crippen LogP contribution in [0.2, 0.25) is 0 Å². The van der Waals surface area contributed by atoms with Crippen molar-refractivity contribution in [2.45, 2.75) is 25.4 Å². The van der Waals surface area contributed by atoms with E-state index in [4.69, 9.17) is 0 Å². The van der Waals surface area contributed by atoms with Gasteiger partial charge in [0.1, 0.15) is 0 Å². The molecule has 0 saturated carbocycles. The number of likely N-dealkylation sites (tertiary alicyclic amines) is 1. The first-order chi connectivity index (χ1) is 11.1. The second-order valence-electron chi connectivity index (χ2n) is 6.32. The van der Waals surface area contributed by atoms with E-state index in [0.29, 0.717) is 25.9 Å². The molecule has 0 radical (unpaired) electrons. The number of hydrogen-bond donors (Lipinski definition) is 2. The van der Waals surface area contributed by atoms with E-state index in [1.54, 1.807) is 17.1 Å². The number of hydrogen-bond acceptors (Lipinski definition) is 3. The molecule has 5 heteroatoms. The Morgan fingerprint density at radius 2 is 2.13 bits per heavy atom. The van der Waals surface area contributed by atoms with E-state index in [1.807, 2.05) is 30.3 Å². The number of aliphatic hydroxyl groups excluding tert-OH is 1. The van der Waals surface area contributed by atoms with Crippen LogP contribution in [0.1, 0.15) is 24.8 Å². The lowest BCUT2D eigenvalue weighted by Gasteiger charge is -2.46. The van der Waals surface area contributed by atoms with E-state index < -0.39 is 11.5 Å². The molecule has 2 aliphatic heterocycles. The number of nitrogens with one attached hydrogen (secondary N) is 1. The van der Waals surface area contributed by atoms with Crippen LogP contribution in [0.15, 0.2) is 36.4 Å². The molecule has 0 aliphatic carbocycles. The number of carbonyl (C=O) groups is 2. The molecule has 2 amide bonds. The van der Waals surface area contributed by atoms with Crippen LogP contribution in [0.3, 0.4) is 0 Å². The number of nitrogens with zero attached hydrogens (tertiary/aromatic N) is 1. The number of piperidine rings is 2. The third-order valence-electron chi connectivity index (χ3n) is 4.85. The molecule has 0 unspecified atom stereocenters. The molecule has 2 saturated heterocycles. The van der Waals surface area contributed by atoms with Crippen molar-refractivity contribution in [3.05, 3.63) is 42.0 Å². The highest BCUT2D eigenvalue weighted by Crippen LogP contribution is 2.37. The third kappa shape index (κ3) is 3.15. The summed E-state index contributed by atoms with van der Waals surface area (Å²) < 4.78 is 0. The first kappa shape index (κ1) is 15.7. The average Bonchev–Trinajstić information content (AvgIpc) is 2.58. The molecule has 122 valence electrons. The van der Waals surface area contributed by atoms with Crippen LogP contribution in [0.25, 0.3) is 6.08 Å². The van der Waals surface area contributed by atoms with Gasteiger partial charge in [0, 0.05) is 25.7 Å². The minimum absolute atomic E-state index is 0.112. The Kier molecular flexibility index (Phi) is 4.48. The van der Waals surface area contributed by atoms with Crippen molar-refractivity contribution in [2.24, 2.45) is 5.41 Å². The first-order valence-corrected chi connectivity index (χ1v) is 8.10. The van der Waals surface area contributed by atoms with Crippen molar-refractivity contribution >= 4 is 17.9 Å². The summed E-state index contributed by atoms with van der Waals surface area (Å²) in [4.78, 5) is 26.4. The van der Waals surface area contributed by atoms with E-state index in [-0.39, 0.29) is 18.4 Å². The van der Waals surface area contributed by atoms with E-state index in [9.17, 15) is 14.7 Å². The number of amides is 2. The van der Waals surface area contributed by atoms with Crippen molar-refractivity contribution in [2.75, 3.05) is 19.6 Å². The van der Waals surface area contributed by atoms with Gasteiger partial charge < -0.3 is 15.3 Å². The summed E-state index contributed by atoms with van der Waals surface area (Å²) in [5.74, 6) is -0.237. The Morgan fingerprint density at radius 1 is 1.35 bits per heavy atom. The number of carbonyl (C=O) groups excluding carboxylic acids is 2. The summed E-state index contributed by atoms with van der Waals surface area (Å²) in [6.45, 7) is 1.42. The monoisotopic (exact) mass is 314 g/mol. The number of aliphatic hydroxyl groups is 1. The normalized spacial score (nSPS) is 28.1. The smallest absolute Gasteiger partial charge is 0.246 e. The summed E-state index contributed by atoms with van der Waals surface area (Å²) in [5.41, 5.74) is 0.121. The first-order valence-electron chi connectivity index (χ1n) is 8.10. The molecule has 0 bridgehead atoms. The Balaban J connectivity index is 1.72. The fourth-order valence-electron chi connectivity index (χ4n) is 3.47. The largest absolute Gasteiger partial charge is 0.392 e. The van der Waals surface area contributed by atoms with Crippen LogP contribution in [0, 0.1) is 5.41 Å². The molecule has 5 nitrogen and oxygen atoms in total. The summed E-state index contributed by atoms with van der Waals surface area (Å²) in [5, 5.41) is 13.2. The van der Waals surface area contributed by atoms with Crippen molar-refractivity contribution in [3.63, 3.8) is 0 Å². The SMILES string of the molecule is O=C(/C=C/c1ccccc1)N1CC[C@@H](O)[C@@]2(CCCNC2=O)C1. The zero-order chi connectivity index (χ0) is 16.3. The summed E-state index contributed by atoms with van der Waals surface area (Å²) in [7, 11) is 0. The highest BCUT2D eigenvalue weighted by molar-refractivity contribution is 5.93. The van der Waals surface area contributed by atoms with Gasteiger partial charge in [-0.15, -0.1) is 0 Å². The van der Waals surface area contributed by atoms with Gasteiger partial charge in [0.05, 0.1) is 11.5 Å². The van der Waals surface area contributed by atoms with Crippen molar-refractivity contribution in [3.8, 4) is 0 Å². The molecule has 1 aromatic rings. The second kappa shape index (κ2) is 6.54. The van der Waals surface area contributed by atoms with Gasteiger partial charge in [-0.1, -0.05) is 30.3 Å². The zero-order valence-corrected chi connectivity index (χ0v) is 13.1.